The van der Waals surface area contributed by atoms with Gasteiger partial charge in [-0.25, -0.2) is 13.4 Å². The zero-order valence-electron chi connectivity index (χ0n) is 12.5. The molecule has 118 valence electrons. The molecule has 2 fully saturated rings. The Bertz CT molecular complexity index is 574. The Kier molecular flexibility index (Phi) is 4.33. The summed E-state index contributed by atoms with van der Waals surface area (Å²) in [5, 5.41) is 3.53. The minimum Gasteiger partial charge on any atom is -0.336 e. The third-order valence-electron chi connectivity index (χ3n) is 4.40. The summed E-state index contributed by atoms with van der Waals surface area (Å²) in [6.45, 7) is 5.35. The van der Waals surface area contributed by atoms with Crippen LogP contribution in [0.2, 0.25) is 0 Å². The number of aromatic nitrogens is 2. The van der Waals surface area contributed by atoms with Crippen LogP contribution in [0.3, 0.4) is 0 Å². The van der Waals surface area contributed by atoms with Crippen LogP contribution in [-0.2, 0) is 16.6 Å². The average Bonchev–Trinajstić information content (AvgIpc) is 3.20. The summed E-state index contributed by atoms with van der Waals surface area (Å²) in [5.41, 5.74) is 0. The summed E-state index contributed by atoms with van der Waals surface area (Å²) >= 11 is 0. The van der Waals surface area contributed by atoms with E-state index in [0.29, 0.717) is 12.5 Å². The second kappa shape index (κ2) is 6.06. The van der Waals surface area contributed by atoms with E-state index >= 15 is 0 Å². The molecule has 2 aliphatic rings. The number of nitrogens with zero attached hydrogens (tertiary/aromatic N) is 3. The van der Waals surface area contributed by atoms with E-state index in [1.54, 1.807) is 16.8 Å². The molecule has 1 N–H and O–H groups in total. The van der Waals surface area contributed by atoms with Crippen molar-refractivity contribution in [1.82, 2.24) is 19.2 Å². The van der Waals surface area contributed by atoms with Crippen LogP contribution in [0, 0.1) is 5.92 Å². The number of hydrogen-bond acceptors (Lipinski definition) is 4. The van der Waals surface area contributed by atoms with Gasteiger partial charge in [0.25, 0.3) is 10.0 Å². The Balaban J connectivity index is 1.78. The van der Waals surface area contributed by atoms with Crippen molar-refractivity contribution in [1.29, 1.82) is 0 Å². The van der Waals surface area contributed by atoms with Crippen LogP contribution < -0.4 is 5.32 Å². The number of aryl methyl sites for hydroxylation is 1. The van der Waals surface area contributed by atoms with Gasteiger partial charge in [0.15, 0.2) is 5.03 Å². The van der Waals surface area contributed by atoms with Crippen LogP contribution in [0.25, 0.3) is 0 Å². The summed E-state index contributed by atoms with van der Waals surface area (Å²) in [4.78, 5) is 4.10. The highest BCUT2D eigenvalue weighted by Crippen LogP contribution is 2.33. The fourth-order valence-corrected chi connectivity index (χ4v) is 4.59. The molecule has 0 spiro atoms. The minimum absolute atomic E-state index is 0.191. The number of piperidine rings is 1. The highest BCUT2D eigenvalue weighted by Gasteiger charge is 2.40. The van der Waals surface area contributed by atoms with Gasteiger partial charge in [0.1, 0.15) is 0 Å². The highest BCUT2D eigenvalue weighted by molar-refractivity contribution is 7.89. The molecule has 1 saturated carbocycles. The predicted molar refractivity (Wildman–Crippen MR) is 80.4 cm³/mol. The van der Waals surface area contributed by atoms with E-state index in [-0.39, 0.29) is 11.1 Å². The molecule has 1 saturated heterocycles. The van der Waals surface area contributed by atoms with Crippen LogP contribution >= 0.6 is 0 Å². The normalized spacial score (nSPS) is 21.0. The molecule has 1 aromatic rings. The number of rotatable bonds is 6. The molecule has 0 radical (unpaired) electrons. The SMILES string of the molecule is CCn1cnc(S(=O)(=O)N(CC2CCNCC2)C2CC2)c1. The van der Waals surface area contributed by atoms with E-state index in [2.05, 4.69) is 10.3 Å². The monoisotopic (exact) mass is 312 g/mol. The molecule has 7 heteroatoms. The smallest absolute Gasteiger partial charge is 0.262 e. The van der Waals surface area contributed by atoms with Crippen molar-refractivity contribution in [3.05, 3.63) is 12.5 Å². The van der Waals surface area contributed by atoms with Gasteiger partial charge in [0.05, 0.1) is 6.33 Å². The fourth-order valence-electron chi connectivity index (χ4n) is 2.89. The van der Waals surface area contributed by atoms with Gasteiger partial charge < -0.3 is 9.88 Å². The van der Waals surface area contributed by atoms with E-state index in [9.17, 15) is 8.42 Å². The largest absolute Gasteiger partial charge is 0.336 e. The first-order chi connectivity index (χ1) is 10.1. The summed E-state index contributed by atoms with van der Waals surface area (Å²) in [6, 6.07) is 0.191. The van der Waals surface area contributed by atoms with Gasteiger partial charge in [0.2, 0.25) is 0 Å². The van der Waals surface area contributed by atoms with E-state index in [0.717, 1.165) is 45.3 Å². The second-order valence-corrected chi connectivity index (χ2v) is 7.88. The van der Waals surface area contributed by atoms with Gasteiger partial charge in [-0.1, -0.05) is 0 Å². The summed E-state index contributed by atoms with van der Waals surface area (Å²) in [5.74, 6) is 0.467. The van der Waals surface area contributed by atoms with Gasteiger partial charge >= 0.3 is 0 Å². The first-order valence-corrected chi connectivity index (χ1v) is 9.29. The molecule has 0 bridgehead atoms. The quantitative estimate of drug-likeness (QED) is 0.853. The molecule has 2 heterocycles. The number of imidazole rings is 1. The molecule has 0 atom stereocenters. The van der Waals surface area contributed by atoms with Crippen LogP contribution in [0.5, 0.6) is 0 Å². The molecular weight excluding hydrogens is 288 g/mol. The predicted octanol–water partition coefficient (Wildman–Crippen LogP) is 1.06. The van der Waals surface area contributed by atoms with Crippen molar-refractivity contribution in [3.8, 4) is 0 Å². The topological polar surface area (TPSA) is 67.2 Å². The van der Waals surface area contributed by atoms with Crippen molar-refractivity contribution >= 4 is 10.0 Å². The summed E-state index contributed by atoms with van der Waals surface area (Å²) < 4.78 is 29.2. The van der Waals surface area contributed by atoms with Crippen molar-refractivity contribution in [2.45, 2.75) is 50.2 Å². The highest BCUT2D eigenvalue weighted by atomic mass is 32.2. The zero-order valence-corrected chi connectivity index (χ0v) is 13.3. The van der Waals surface area contributed by atoms with E-state index in [1.165, 1.54) is 0 Å². The lowest BCUT2D eigenvalue weighted by atomic mass is 9.98. The van der Waals surface area contributed by atoms with Crippen LogP contribution in [-0.4, -0.2) is 48.0 Å². The Morgan fingerprint density at radius 1 is 1.33 bits per heavy atom. The third-order valence-corrected chi connectivity index (χ3v) is 6.20. The molecular formula is C14H24N4O2S. The number of sulfonamides is 1. The molecule has 3 rings (SSSR count). The lowest BCUT2D eigenvalue weighted by molar-refractivity contribution is 0.283. The number of nitrogens with one attached hydrogen (secondary N) is 1. The van der Waals surface area contributed by atoms with Gasteiger partial charge in [-0.2, -0.15) is 4.31 Å². The molecule has 1 aromatic heterocycles. The Morgan fingerprint density at radius 3 is 2.62 bits per heavy atom. The lowest BCUT2D eigenvalue weighted by Crippen LogP contribution is -2.40. The van der Waals surface area contributed by atoms with E-state index in [1.807, 2.05) is 11.5 Å². The van der Waals surface area contributed by atoms with Crippen LogP contribution in [0.15, 0.2) is 17.6 Å². The van der Waals surface area contributed by atoms with Crippen molar-refractivity contribution < 1.29 is 8.42 Å². The molecule has 0 amide bonds. The summed E-state index contributed by atoms with van der Waals surface area (Å²) in [7, 11) is -3.45. The lowest BCUT2D eigenvalue weighted by Gasteiger charge is -2.29. The van der Waals surface area contributed by atoms with Gasteiger partial charge in [-0.15, -0.1) is 0 Å². The van der Waals surface area contributed by atoms with Crippen molar-refractivity contribution in [2.75, 3.05) is 19.6 Å². The molecule has 0 aromatic carbocycles. The minimum atomic E-state index is -3.45. The average molecular weight is 312 g/mol. The molecule has 1 aliphatic heterocycles. The van der Waals surface area contributed by atoms with Crippen molar-refractivity contribution in [2.24, 2.45) is 5.92 Å². The Morgan fingerprint density at radius 2 is 2.05 bits per heavy atom. The molecule has 21 heavy (non-hydrogen) atoms. The Hall–Kier alpha value is -0.920. The first kappa shape index (κ1) is 15.0. The zero-order chi connectivity index (χ0) is 14.9. The Labute approximate surface area is 126 Å². The van der Waals surface area contributed by atoms with Gasteiger partial charge in [-0.05, 0) is 51.6 Å². The van der Waals surface area contributed by atoms with Crippen LogP contribution in [0.4, 0.5) is 0 Å². The second-order valence-electron chi connectivity index (χ2n) is 6.04. The number of hydrogen-bond donors (Lipinski definition) is 1. The molecule has 1 aliphatic carbocycles. The first-order valence-electron chi connectivity index (χ1n) is 7.85. The maximum absolute atomic E-state index is 12.9. The van der Waals surface area contributed by atoms with Gasteiger partial charge in [-0.3, -0.25) is 0 Å². The fraction of sp³-hybridized carbons (Fsp3) is 0.786. The van der Waals surface area contributed by atoms with Crippen LogP contribution in [0.1, 0.15) is 32.6 Å². The maximum atomic E-state index is 12.9. The van der Waals surface area contributed by atoms with Crippen molar-refractivity contribution in [3.63, 3.8) is 0 Å². The maximum Gasteiger partial charge on any atom is 0.262 e. The standard InChI is InChI=1S/C14H24N4O2S/c1-2-17-10-14(16-11-17)21(19,20)18(13-3-4-13)9-12-5-7-15-8-6-12/h10-13,15H,2-9H2,1H3. The third kappa shape index (κ3) is 3.30. The summed E-state index contributed by atoms with van der Waals surface area (Å²) in [6.07, 6.45) is 7.33. The molecule has 0 unspecified atom stereocenters. The molecule has 6 nitrogen and oxygen atoms in total. The van der Waals surface area contributed by atoms with E-state index in [4.69, 9.17) is 0 Å². The van der Waals surface area contributed by atoms with E-state index < -0.39 is 10.0 Å². The van der Waals surface area contributed by atoms with Gasteiger partial charge in [0, 0.05) is 25.3 Å².